The molecule has 0 unspecified atom stereocenters. The molecular formula is C17H17FN6O. The average Bonchev–Trinajstić information content (AvgIpc) is 3.03. The minimum Gasteiger partial charge on any atom is -0.352 e. The molecule has 0 N–H and O–H groups in total. The third kappa shape index (κ3) is 2.79. The smallest absolute Gasteiger partial charge is 0.254 e. The van der Waals surface area contributed by atoms with Gasteiger partial charge in [-0.25, -0.2) is 14.4 Å². The molecule has 0 aliphatic carbocycles. The van der Waals surface area contributed by atoms with Crippen LogP contribution in [0, 0.1) is 5.82 Å². The standard InChI is InChI=1S/C17H17FN6O/c1-22-15-14(10-21-22)16(20-11-19-15)23-5-7-24(8-6-23)17(25)12-3-2-4-13(18)9-12/h2-4,9-11H,5-8H2,1H3. The molecule has 3 heterocycles. The van der Waals surface area contributed by atoms with E-state index in [-0.39, 0.29) is 5.91 Å². The maximum atomic E-state index is 13.3. The van der Waals surface area contributed by atoms with E-state index >= 15 is 0 Å². The molecule has 0 radical (unpaired) electrons. The van der Waals surface area contributed by atoms with Crippen molar-refractivity contribution < 1.29 is 9.18 Å². The molecular weight excluding hydrogens is 323 g/mol. The highest BCUT2D eigenvalue weighted by atomic mass is 19.1. The Balaban J connectivity index is 1.50. The Morgan fingerprint density at radius 1 is 1.16 bits per heavy atom. The second-order valence-corrected chi connectivity index (χ2v) is 5.99. The highest BCUT2D eigenvalue weighted by Crippen LogP contribution is 2.23. The summed E-state index contributed by atoms with van der Waals surface area (Å²) in [6.45, 7) is 2.42. The molecule has 0 bridgehead atoms. The molecule has 3 aromatic rings. The number of anilines is 1. The summed E-state index contributed by atoms with van der Waals surface area (Å²) < 4.78 is 15.0. The number of hydrogen-bond donors (Lipinski definition) is 0. The van der Waals surface area contributed by atoms with E-state index in [1.807, 2.05) is 7.05 Å². The van der Waals surface area contributed by atoms with Crippen molar-refractivity contribution in [3.8, 4) is 0 Å². The first-order valence-electron chi connectivity index (χ1n) is 8.06. The summed E-state index contributed by atoms with van der Waals surface area (Å²) >= 11 is 0. The van der Waals surface area contributed by atoms with E-state index in [0.717, 1.165) is 16.9 Å². The molecule has 1 aromatic carbocycles. The van der Waals surface area contributed by atoms with E-state index in [2.05, 4.69) is 20.0 Å². The molecule has 7 nitrogen and oxygen atoms in total. The number of rotatable bonds is 2. The highest BCUT2D eigenvalue weighted by Gasteiger charge is 2.24. The molecule has 0 atom stereocenters. The van der Waals surface area contributed by atoms with Gasteiger partial charge in [-0.15, -0.1) is 0 Å². The van der Waals surface area contributed by atoms with E-state index in [1.54, 1.807) is 27.9 Å². The van der Waals surface area contributed by atoms with Crippen molar-refractivity contribution in [1.82, 2.24) is 24.6 Å². The van der Waals surface area contributed by atoms with Crippen molar-refractivity contribution in [1.29, 1.82) is 0 Å². The zero-order chi connectivity index (χ0) is 17.4. The molecule has 25 heavy (non-hydrogen) atoms. The fourth-order valence-electron chi connectivity index (χ4n) is 3.13. The maximum absolute atomic E-state index is 13.3. The number of carbonyl (C=O) groups excluding carboxylic acids is 1. The van der Waals surface area contributed by atoms with Crippen molar-refractivity contribution in [3.63, 3.8) is 0 Å². The van der Waals surface area contributed by atoms with Crippen molar-refractivity contribution in [3.05, 3.63) is 48.2 Å². The Morgan fingerprint density at radius 3 is 2.72 bits per heavy atom. The molecule has 1 fully saturated rings. The average molecular weight is 340 g/mol. The normalized spacial score (nSPS) is 15.0. The zero-order valence-electron chi connectivity index (χ0n) is 13.8. The number of halogens is 1. The number of fused-ring (bicyclic) bond motifs is 1. The van der Waals surface area contributed by atoms with Gasteiger partial charge in [0.1, 0.15) is 18.0 Å². The Bertz CT molecular complexity index is 932. The van der Waals surface area contributed by atoms with Gasteiger partial charge in [-0.2, -0.15) is 5.10 Å². The van der Waals surface area contributed by atoms with Gasteiger partial charge < -0.3 is 9.80 Å². The van der Waals surface area contributed by atoms with Gasteiger partial charge in [0, 0.05) is 38.8 Å². The van der Waals surface area contributed by atoms with Gasteiger partial charge in [0.15, 0.2) is 5.65 Å². The minimum absolute atomic E-state index is 0.145. The summed E-state index contributed by atoms with van der Waals surface area (Å²) in [6, 6.07) is 5.81. The maximum Gasteiger partial charge on any atom is 0.254 e. The summed E-state index contributed by atoms with van der Waals surface area (Å²) in [5.74, 6) is 0.286. The topological polar surface area (TPSA) is 67.2 Å². The molecule has 128 valence electrons. The Labute approximate surface area is 143 Å². The van der Waals surface area contributed by atoms with Crippen LogP contribution < -0.4 is 4.90 Å². The summed E-state index contributed by atoms with van der Waals surface area (Å²) in [4.78, 5) is 25.0. The second kappa shape index (κ2) is 6.12. The summed E-state index contributed by atoms with van der Waals surface area (Å²) in [7, 11) is 1.84. The number of amides is 1. The predicted octanol–water partition coefficient (Wildman–Crippen LogP) is 1.46. The first-order chi connectivity index (χ1) is 12.1. The van der Waals surface area contributed by atoms with Crippen molar-refractivity contribution in [2.45, 2.75) is 0 Å². The lowest BCUT2D eigenvalue weighted by atomic mass is 10.1. The lowest BCUT2D eigenvalue weighted by Gasteiger charge is -2.35. The SMILES string of the molecule is Cn1ncc2c(N3CCN(C(=O)c4cccc(F)c4)CC3)ncnc21. The lowest BCUT2D eigenvalue weighted by molar-refractivity contribution is 0.0746. The van der Waals surface area contributed by atoms with E-state index in [4.69, 9.17) is 0 Å². The molecule has 2 aromatic heterocycles. The van der Waals surface area contributed by atoms with Crippen LogP contribution in [-0.4, -0.2) is 56.7 Å². The number of carbonyl (C=O) groups is 1. The van der Waals surface area contributed by atoms with Gasteiger partial charge in [-0.1, -0.05) is 6.07 Å². The quantitative estimate of drug-likeness (QED) is 0.707. The summed E-state index contributed by atoms with van der Waals surface area (Å²) in [6.07, 6.45) is 3.29. The van der Waals surface area contributed by atoms with Gasteiger partial charge in [0.05, 0.1) is 11.6 Å². The van der Waals surface area contributed by atoms with Gasteiger partial charge in [0.25, 0.3) is 5.91 Å². The van der Waals surface area contributed by atoms with Crippen LogP contribution in [0.1, 0.15) is 10.4 Å². The zero-order valence-corrected chi connectivity index (χ0v) is 13.8. The molecule has 1 amide bonds. The van der Waals surface area contributed by atoms with E-state index in [9.17, 15) is 9.18 Å². The van der Waals surface area contributed by atoms with Gasteiger partial charge in [-0.3, -0.25) is 9.48 Å². The van der Waals surface area contributed by atoms with Crippen LogP contribution in [0.25, 0.3) is 11.0 Å². The van der Waals surface area contributed by atoms with E-state index in [0.29, 0.717) is 31.7 Å². The van der Waals surface area contributed by atoms with Crippen LogP contribution in [0.3, 0.4) is 0 Å². The fourth-order valence-corrected chi connectivity index (χ4v) is 3.13. The molecule has 1 aliphatic rings. The van der Waals surface area contributed by atoms with Crippen molar-refractivity contribution >= 4 is 22.8 Å². The molecule has 4 rings (SSSR count). The first-order valence-corrected chi connectivity index (χ1v) is 8.06. The predicted molar refractivity (Wildman–Crippen MR) is 90.8 cm³/mol. The van der Waals surface area contributed by atoms with Crippen LogP contribution in [0.4, 0.5) is 10.2 Å². The number of nitrogens with zero attached hydrogens (tertiary/aromatic N) is 6. The Hall–Kier alpha value is -3.03. The fraction of sp³-hybridized carbons (Fsp3) is 0.294. The van der Waals surface area contributed by atoms with Crippen LogP contribution in [0.5, 0.6) is 0 Å². The number of aromatic nitrogens is 4. The van der Waals surface area contributed by atoms with Crippen molar-refractivity contribution in [2.24, 2.45) is 7.05 Å². The number of aryl methyl sites for hydroxylation is 1. The molecule has 8 heteroatoms. The minimum atomic E-state index is -0.399. The number of hydrogen-bond acceptors (Lipinski definition) is 5. The number of piperazine rings is 1. The molecule has 0 saturated carbocycles. The van der Waals surface area contributed by atoms with Crippen LogP contribution in [0.2, 0.25) is 0 Å². The first kappa shape index (κ1) is 15.5. The Morgan fingerprint density at radius 2 is 1.96 bits per heavy atom. The largest absolute Gasteiger partial charge is 0.352 e. The van der Waals surface area contributed by atoms with Crippen LogP contribution in [-0.2, 0) is 7.05 Å². The van der Waals surface area contributed by atoms with Gasteiger partial charge in [0.2, 0.25) is 0 Å². The third-order valence-electron chi connectivity index (χ3n) is 4.45. The van der Waals surface area contributed by atoms with E-state index < -0.39 is 5.82 Å². The van der Waals surface area contributed by atoms with E-state index in [1.165, 1.54) is 18.5 Å². The third-order valence-corrected chi connectivity index (χ3v) is 4.45. The summed E-state index contributed by atoms with van der Waals surface area (Å²) in [5, 5.41) is 5.13. The molecule has 1 aliphatic heterocycles. The highest BCUT2D eigenvalue weighted by molar-refractivity contribution is 5.94. The van der Waals surface area contributed by atoms with Gasteiger partial charge in [-0.05, 0) is 18.2 Å². The molecule has 1 saturated heterocycles. The second-order valence-electron chi connectivity index (χ2n) is 5.99. The monoisotopic (exact) mass is 340 g/mol. The summed E-state index contributed by atoms with van der Waals surface area (Å²) in [5.41, 5.74) is 1.16. The molecule has 0 spiro atoms. The van der Waals surface area contributed by atoms with Gasteiger partial charge >= 0.3 is 0 Å². The van der Waals surface area contributed by atoms with Crippen LogP contribution >= 0.6 is 0 Å². The Kier molecular flexibility index (Phi) is 3.79. The number of benzene rings is 1. The van der Waals surface area contributed by atoms with Crippen LogP contribution in [0.15, 0.2) is 36.8 Å². The van der Waals surface area contributed by atoms with Crippen molar-refractivity contribution in [2.75, 3.05) is 31.1 Å². The lowest BCUT2D eigenvalue weighted by Crippen LogP contribution is -2.49.